The minimum absolute atomic E-state index is 0.666. The highest BCUT2D eigenvalue weighted by molar-refractivity contribution is 6.12. The SMILES string of the molecule is c1ccc(-c2nc(-c3ccc(-n4c5ccccc5c5cc(-c6ccccn6)ccc54)cc3)cc(-c3cc(-n4c5ccccc5c5ccccc54)cc(-n4c5ccccc5c5ccccc54)c3)n2)cc1. The smallest absolute Gasteiger partial charge is 0.160 e. The van der Waals surface area contributed by atoms with Crippen LogP contribution in [0.4, 0.5) is 0 Å². The van der Waals surface area contributed by atoms with Crippen LogP contribution in [0.2, 0.25) is 0 Å². The molecule has 0 unspecified atom stereocenters. The molecule has 0 aliphatic rings. The summed E-state index contributed by atoms with van der Waals surface area (Å²) in [4.78, 5) is 15.4. The minimum atomic E-state index is 0.666. The zero-order valence-electron chi connectivity index (χ0n) is 37.3. The molecule has 6 nitrogen and oxygen atoms in total. The van der Waals surface area contributed by atoms with Crippen LogP contribution in [0.25, 0.3) is 128 Å². The lowest BCUT2D eigenvalue weighted by molar-refractivity contribution is 1.13. The van der Waals surface area contributed by atoms with Gasteiger partial charge in [0.25, 0.3) is 0 Å². The highest BCUT2D eigenvalue weighted by atomic mass is 15.0. The monoisotopic (exact) mass is 880 g/mol. The predicted octanol–water partition coefficient (Wildman–Crippen LogP) is 15.8. The number of para-hydroxylation sites is 5. The molecule has 0 fully saturated rings. The lowest BCUT2D eigenvalue weighted by Gasteiger charge is -2.16. The Hall–Kier alpha value is -9.39. The summed E-state index contributed by atoms with van der Waals surface area (Å²) in [7, 11) is 0. The summed E-state index contributed by atoms with van der Waals surface area (Å²) in [5.74, 6) is 0.666. The molecule has 0 aliphatic carbocycles. The van der Waals surface area contributed by atoms with Crippen LogP contribution in [0.5, 0.6) is 0 Å². The van der Waals surface area contributed by atoms with Gasteiger partial charge in [0.15, 0.2) is 5.82 Å². The van der Waals surface area contributed by atoms with E-state index in [9.17, 15) is 0 Å². The van der Waals surface area contributed by atoms with Gasteiger partial charge in [0.1, 0.15) is 0 Å². The molecule has 0 spiro atoms. The van der Waals surface area contributed by atoms with Crippen LogP contribution in [-0.2, 0) is 0 Å². The van der Waals surface area contributed by atoms with Gasteiger partial charge in [0.05, 0.1) is 50.2 Å². The molecule has 0 aliphatic heterocycles. The molecule has 14 aromatic rings. The van der Waals surface area contributed by atoms with E-state index in [0.29, 0.717) is 5.82 Å². The van der Waals surface area contributed by atoms with Crippen molar-refractivity contribution >= 4 is 65.4 Å². The predicted molar refractivity (Wildman–Crippen MR) is 285 cm³/mol. The molecule has 0 saturated heterocycles. The van der Waals surface area contributed by atoms with Crippen molar-refractivity contribution in [2.24, 2.45) is 0 Å². The number of pyridine rings is 1. The van der Waals surface area contributed by atoms with E-state index < -0.39 is 0 Å². The van der Waals surface area contributed by atoms with Crippen molar-refractivity contribution in [3.8, 4) is 62.2 Å². The molecule has 0 saturated carbocycles. The summed E-state index contributed by atoms with van der Waals surface area (Å²) in [6, 6.07) is 84.3. The average molecular weight is 881 g/mol. The maximum absolute atomic E-state index is 5.41. The van der Waals surface area contributed by atoms with Crippen LogP contribution in [0.1, 0.15) is 0 Å². The van der Waals surface area contributed by atoms with Crippen molar-refractivity contribution in [2.45, 2.75) is 0 Å². The van der Waals surface area contributed by atoms with Crippen molar-refractivity contribution < 1.29 is 0 Å². The summed E-state index contributed by atoms with van der Waals surface area (Å²) in [6.07, 6.45) is 1.85. The van der Waals surface area contributed by atoms with Crippen LogP contribution in [0.3, 0.4) is 0 Å². The molecule has 5 heterocycles. The van der Waals surface area contributed by atoms with E-state index in [4.69, 9.17) is 9.97 Å². The second kappa shape index (κ2) is 15.6. The Labute approximate surface area is 397 Å². The second-order valence-electron chi connectivity index (χ2n) is 17.7. The van der Waals surface area contributed by atoms with Gasteiger partial charge in [-0.2, -0.15) is 0 Å². The third-order valence-electron chi connectivity index (χ3n) is 13.7. The fraction of sp³-hybridized carbons (Fsp3) is 0. The molecule has 5 aromatic heterocycles. The van der Waals surface area contributed by atoms with Gasteiger partial charge in [0, 0.05) is 77.8 Å². The molecule has 9 aromatic carbocycles. The van der Waals surface area contributed by atoms with Crippen molar-refractivity contribution in [3.05, 3.63) is 243 Å². The van der Waals surface area contributed by atoms with E-state index in [0.717, 1.165) is 89.5 Å². The van der Waals surface area contributed by atoms with Gasteiger partial charge < -0.3 is 13.7 Å². The topological polar surface area (TPSA) is 53.5 Å². The summed E-state index contributed by atoms with van der Waals surface area (Å²) in [5, 5.41) is 7.25. The van der Waals surface area contributed by atoms with Crippen molar-refractivity contribution in [1.82, 2.24) is 28.7 Å². The Bertz CT molecular complexity index is 4060. The summed E-state index contributed by atoms with van der Waals surface area (Å²) in [5.41, 5.74) is 16.7. The van der Waals surface area contributed by atoms with Crippen LogP contribution in [0.15, 0.2) is 243 Å². The normalized spacial score (nSPS) is 11.8. The average Bonchev–Trinajstić information content (AvgIpc) is 4.07. The van der Waals surface area contributed by atoms with Crippen LogP contribution >= 0.6 is 0 Å². The number of rotatable bonds is 7. The molecule has 0 atom stereocenters. The second-order valence-corrected chi connectivity index (χ2v) is 17.7. The summed E-state index contributed by atoms with van der Waals surface area (Å²) in [6.45, 7) is 0. The number of nitrogens with zero attached hydrogens (tertiary/aromatic N) is 6. The van der Waals surface area contributed by atoms with Gasteiger partial charge in [-0.3, -0.25) is 4.98 Å². The molecule has 0 radical (unpaired) electrons. The Morgan fingerprint density at radius 2 is 0.681 bits per heavy atom. The fourth-order valence-electron chi connectivity index (χ4n) is 10.6. The van der Waals surface area contributed by atoms with Gasteiger partial charge in [-0.05, 0) is 91.0 Å². The Kier molecular flexibility index (Phi) is 8.79. The van der Waals surface area contributed by atoms with Crippen molar-refractivity contribution in [1.29, 1.82) is 0 Å². The first-order chi connectivity index (χ1) is 34.2. The Balaban J connectivity index is 0.969. The lowest BCUT2D eigenvalue weighted by Crippen LogP contribution is -2.01. The van der Waals surface area contributed by atoms with Crippen LogP contribution < -0.4 is 0 Å². The summed E-state index contributed by atoms with van der Waals surface area (Å²) >= 11 is 0. The van der Waals surface area contributed by atoms with Gasteiger partial charge in [-0.15, -0.1) is 0 Å². The number of fused-ring (bicyclic) bond motifs is 9. The first-order valence-electron chi connectivity index (χ1n) is 23.3. The number of benzene rings is 9. The molecule has 69 heavy (non-hydrogen) atoms. The lowest BCUT2D eigenvalue weighted by atomic mass is 10.0. The molecule has 14 rings (SSSR count). The van der Waals surface area contributed by atoms with Crippen molar-refractivity contribution in [3.63, 3.8) is 0 Å². The molecule has 322 valence electrons. The summed E-state index contributed by atoms with van der Waals surface area (Å²) < 4.78 is 7.16. The number of hydrogen-bond acceptors (Lipinski definition) is 3. The molecule has 0 bridgehead atoms. The fourth-order valence-corrected chi connectivity index (χ4v) is 10.6. The van der Waals surface area contributed by atoms with Gasteiger partial charge in [0.2, 0.25) is 0 Å². The number of hydrogen-bond donors (Lipinski definition) is 0. The maximum atomic E-state index is 5.41. The van der Waals surface area contributed by atoms with E-state index in [-0.39, 0.29) is 0 Å². The van der Waals surface area contributed by atoms with Crippen LogP contribution in [-0.4, -0.2) is 28.7 Å². The quantitative estimate of drug-likeness (QED) is 0.160. The molecular formula is C63H40N6. The Morgan fingerprint density at radius 1 is 0.246 bits per heavy atom. The van der Waals surface area contributed by atoms with Crippen molar-refractivity contribution in [2.75, 3.05) is 0 Å². The molecule has 0 amide bonds. The maximum Gasteiger partial charge on any atom is 0.160 e. The van der Waals surface area contributed by atoms with E-state index in [1.165, 1.54) is 32.3 Å². The Morgan fingerprint density at radius 3 is 1.20 bits per heavy atom. The zero-order chi connectivity index (χ0) is 45.4. The third kappa shape index (κ3) is 6.30. The molecular weight excluding hydrogens is 841 g/mol. The standard InChI is InChI=1S/C63H40N6/c1-2-16-42(17-3-1)63-65-55(41-29-32-45(33-30-41)67-61-28-13-8-22-52(61)53-38-43(31-34-62(53)67)54-23-14-15-35-64-54)40-56(66-63)44-36-46(68-57-24-9-4-18-48(57)49-19-5-10-25-58(49)68)39-47(37-44)69-59-26-11-6-20-50(59)51-21-7-12-27-60(51)69/h1-40H. The first kappa shape index (κ1) is 38.8. The van der Waals surface area contributed by atoms with Gasteiger partial charge in [-0.25, -0.2) is 9.97 Å². The molecule has 0 N–H and O–H groups in total. The van der Waals surface area contributed by atoms with E-state index in [2.05, 4.69) is 225 Å². The highest BCUT2D eigenvalue weighted by Gasteiger charge is 2.20. The highest BCUT2D eigenvalue weighted by Crippen LogP contribution is 2.40. The van der Waals surface area contributed by atoms with E-state index in [1.54, 1.807) is 0 Å². The van der Waals surface area contributed by atoms with Crippen LogP contribution in [0, 0.1) is 0 Å². The minimum Gasteiger partial charge on any atom is -0.309 e. The zero-order valence-corrected chi connectivity index (χ0v) is 37.3. The first-order valence-corrected chi connectivity index (χ1v) is 23.3. The van der Waals surface area contributed by atoms with Gasteiger partial charge >= 0.3 is 0 Å². The molecule has 6 heteroatoms. The van der Waals surface area contributed by atoms with E-state index >= 15 is 0 Å². The van der Waals surface area contributed by atoms with Gasteiger partial charge in [-0.1, -0.05) is 146 Å². The van der Waals surface area contributed by atoms with E-state index in [1.807, 2.05) is 36.5 Å². The number of aromatic nitrogens is 6. The largest absolute Gasteiger partial charge is 0.309 e. The third-order valence-corrected chi connectivity index (χ3v) is 13.7.